The van der Waals surface area contributed by atoms with Crippen molar-refractivity contribution in [3.8, 4) is 11.8 Å². The maximum absolute atomic E-state index is 12.1. The fourth-order valence-corrected chi connectivity index (χ4v) is 1.63. The SMILES string of the molecule is N#CC1(c2ccccc2OC(F)F)CC1. The first-order valence-electron chi connectivity index (χ1n) is 4.63. The van der Waals surface area contributed by atoms with Crippen LogP contribution in [0.3, 0.4) is 0 Å². The molecule has 15 heavy (non-hydrogen) atoms. The van der Waals surface area contributed by atoms with Gasteiger partial charge in [-0.3, -0.25) is 0 Å². The van der Waals surface area contributed by atoms with Gasteiger partial charge < -0.3 is 4.74 Å². The van der Waals surface area contributed by atoms with Gasteiger partial charge in [-0.1, -0.05) is 18.2 Å². The van der Waals surface area contributed by atoms with Gasteiger partial charge in [0, 0.05) is 5.56 Å². The molecule has 0 heterocycles. The second-order valence-corrected chi connectivity index (χ2v) is 3.57. The molecular formula is C11H9F2NO. The molecule has 0 radical (unpaired) electrons. The fourth-order valence-electron chi connectivity index (χ4n) is 1.63. The topological polar surface area (TPSA) is 33.0 Å². The highest BCUT2D eigenvalue weighted by Gasteiger charge is 2.46. The standard InChI is InChI=1S/C11H9F2NO/c12-10(13)15-9-4-2-1-3-8(9)11(7-14)5-6-11/h1-4,10H,5-6H2. The molecule has 1 saturated carbocycles. The van der Waals surface area contributed by atoms with Crippen LogP contribution in [0.4, 0.5) is 8.78 Å². The van der Waals surface area contributed by atoms with Crippen molar-refractivity contribution >= 4 is 0 Å². The van der Waals surface area contributed by atoms with Crippen LogP contribution in [-0.2, 0) is 5.41 Å². The smallest absolute Gasteiger partial charge is 0.387 e. The average molecular weight is 209 g/mol. The van der Waals surface area contributed by atoms with Crippen molar-refractivity contribution in [3.05, 3.63) is 29.8 Å². The Hall–Kier alpha value is -1.63. The Bertz CT molecular complexity index is 407. The normalized spacial score (nSPS) is 17.2. The van der Waals surface area contributed by atoms with Crippen molar-refractivity contribution in [1.29, 1.82) is 5.26 Å². The second-order valence-electron chi connectivity index (χ2n) is 3.57. The second kappa shape index (κ2) is 3.50. The van der Waals surface area contributed by atoms with E-state index in [0.29, 0.717) is 18.4 Å². The Morgan fingerprint density at radius 2 is 2.00 bits per heavy atom. The minimum Gasteiger partial charge on any atom is -0.434 e. The van der Waals surface area contributed by atoms with Crippen LogP contribution in [0.2, 0.25) is 0 Å². The lowest BCUT2D eigenvalue weighted by atomic mass is 9.97. The highest BCUT2D eigenvalue weighted by atomic mass is 19.3. The van der Waals surface area contributed by atoms with E-state index in [1.165, 1.54) is 6.07 Å². The molecule has 4 heteroatoms. The first-order chi connectivity index (χ1) is 7.18. The molecule has 78 valence electrons. The number of rotatable bonds is 3. The van der Waals surface area contributed by atoms with Crippen molar-refractivity contribution in [3.63, 3.8) is 0 Å². The highest BCUT2D eigenvalue weighted by molar-refractivity contribution is 5.47. The Kier molecular flexibility index (Phi) is 2.31. The van der Waals surface area contributed by atoms with Crippen molar-refractivity contribution in [2.24, 2.45) is 0 Å². The van der Waals surface area contributed by atoms with Crippen LogP contribution in [0.25, 0.3) is 0 Å². The third-order valence-electron chi connectivity index (χ3n) is 2.58. The van der Waals surface area contributed by atoms with Crippen molar-refractivity contribution in [2.45, 2.75) is 24.9 Å². The number of benzene rings is 1. The Morgan fingerprint density at radius 3 is 2.53 bits per heavy atom. The molecular weight excluding hydrogens is 200 g/mol. The summed E-state index contributed by atoms with van der Waals surface area (Å²) in [6, 6.07) is 8.65. The molecule has 1 aliphatic rings. The summed E-state index contributed by atoms with van der Waals surface area (Å²) >= 11 is 0. The number of nitrogens with zero attached hydrogens (tertiary/aromatic N) is 1. The Morgan fingerprint density at radius 1 is 1.33 bits per heavy atom. The maximum atomic E-state index is 12.1. The third kappa shape index (κ3) is 1.78. The van der Waals surface area contributed by atoms with E-state index in [9.17, 15) is 8.78 Å². The average Bonchev–Trinajstić information content (AvgIpc) is 2.98. The summed E-state index contributed by atoms with van der Waals surface area (Å²) in [4.78, 5) is 0. The third-order valence-corrected chi connectivity index (χ3v) is 2.58. The lowest BCUT2D eigenvalue weighted by molar-refractivity contribution is -0.0505. The van der Waals surface area contributed by atoms with Crippen molar-refractivity contribution in [1.82, 2.24) is 0 Å². The van der Waals surface area contributed by atoms with Gasteiger partial charge in [0.15, 0.2) is 0 Å². The van der Waals surface area contributed by atoms with Gasteiger partial charge in [0.1, 0.15) is 5.75 Å². The van der Waals surface area contributed by atoms with E-state index in [1.54, 1.807) is 18.2 Å². The van der Waals surface area contributed by atoms with Crippen LogP contribution >= 0.6 is 0 Å². The van der Waals surface area contributed by atoms with E-state index in [-0.39, 0.29) is 5.75 Å². The summed E-state index contributed by atoms with van der Waals surface area (Å²) in [5, 5.41) is 8.98. The zero-order chi connectivity index (χ0) is 10.9. The van der Waals surface area contributed by atoms with Crippen molar-refractivity contribution in [2.75, 3.05) is 0 Å². The van der Waals surface area contributed by atoms with Gasteiger partial charge in [-0.25, -0.2) is 0 Å². The number of hydrogen-bond acceptors (Lipinski definition) is 2. The number of hydrogen-bond donors (Lipinski definition) is 0. The van der Waals surface area contributed by atoms with Gasteiger partial charge in [-0.2, -0.15) is 14.0 Å². The largest absolute Gasteiger partial charge is 0.434 e. The van der Waals surface area contributed by atoms with E-state index >= 15 is 0 Å². The lowest BCUT2D eigenvalue weighted by Crippen LogP contribution is -2.09. The summed E-state index contributed by atoms with van der Waals surface area (Å²) in [7, 11) is 0. The molecule has 2 nitrogen and oxygen atoms in total. The number of halogens is 2. The predicted molar refractivity (Wildman–Crippen MR) is 49.6 cm³/mol. The molecule has 2 rings (SSSR count). The number of nitriles is 1. The van der Waals surface area contributed by atoms with Crippen LogP contribution in [0, 0.1) is 11.3 Å². The molecule has 0 unspecified atom stereocenters. The molecule has 0 aromatic heterocycles. The molecule has 0 N–H and O–H groups in total. The Labute approximate surface area is 86.1 Å². The van der Waals surface area contributed by atoms with Crippen LogP contribution in [0.1, 0.15) is 18.4 Å². The van der Waals surface area contributed by atoms with Gasteiger partial charge in [0.25, 0.3) is 0 Å². The van der Waals surface area contributed by atoms with E-state index in [2.05, 4.69) is 10.8 Å². The van der Waals surface area contributed by atoms with Gasteiger partial charge >= 0.3 is 6.61 Å². The van der Waals surface area contributed by atoms with E-state index in [4.69, 9.17) is 5.26 Å². The van der Waals surface area contributed by atoms with Crippen LogP contribution in [0.5, 0.6) is 5.75 Å². The molecule has 0 saturated heterocycles. The summed E-state index contributed by atoms with van der Waals surface area (Å²) in [5.41, 5.74) is -0.0151. The first-order valence-corrected chi connectivity index (χ1v) is 4.63. The van der Waals surface area contributed by atoms with Crippen LogP contribution in [-0.4, -0.2) is 6.61 Å². The van der Waals surface area contributed by atoms with E-state index in [1.807, 2.05) is 0 Å². The quantitative estimate of drug-likeness (QED) is 0.766. The summed E-state index contributed by atoms with van der Waals surface area (Å²) < 4.78 is 28.6. The number of alkyl halides is 2. The first kappa shape index (κ1) is 9.91. The molecule has 0 spiro atoms. The predicted octanol–water partition coefficient (Wildman–Crippen LogP) is 2.84. The zero-order valence-electron chi connectivity index (χ0n) is 7.91. The zero-order valence-corrected chi connectivity index (χ0v) is 7.91. The minimum absolute atomic E-state index is 0.117. The van der Waals surface area contributed by atoms with Crippen LogP contribution < -0.4 is 4.74 Å². The minimum atomic E-state index is -2.85. The molecule has 0 atom stereocenters. The molecule has 1 fully saturated rings. The van der Waals surface area contributed by atoms with Gasteiger partial charge in [0.2, 0.25) is 0 Å². The molecule has 0 amide bonds. The van der Waals surface area contributed by atoms with Gasteiger partial charge in [-0.15, -0.1) is 0 Å². The summed E-state index contributed by atoms with van der Waals surface area (Å²) in [6.45, 7) is -2.85. The number of para-hydroxylation sites is 1. The van der Waals surface area contributed by atoms with Gasteiger partial charge in [-0.05, 0) is 18.9 Å². The molecule has 1 aromatic carbocycles. The summed E-state index contributed by atoms with van der Waals surface area (Å²) in [5.74, 6) is 0.117. The molecule has 1 aliphatic carbocycles. The maximum Gasteiger partial charge on any atom is 0.387 e. The van der Waals surface area contributed by atoms with Crippen molar-refractivity contribution < 1.29 is 13.5 Å². The highest BCUT2D eigenvalue weighted by Crippen LogP contribution is 2.50. The Balaban J connectivity index is 2.35. The van der Waals surface area contributed by atoms with Gasteiger partial charge in [0.05, 0.1) is 11.5 Å². The molecule has 0 aliphatic heterocycles. The van der Waals surface area contributed by atoms with Crippen LogP contribution in [0.15, 0.2) is 24.3 Å². The monoisotopic (exact) mass is 209 g/mol. The molecule has 1 aromatic rings. The van der Waals surface area contributed by atoms with E-state index < -0.39 is 12.0 Å². The number of ether oxygens (including phenoxy) is 1. The summed E-state index contributed by atoms with van der Waals surface area (Å²) in [6.07, 6.45) is 1.43. The lowest BCUT2D eigenvalue weighted by Gasteiger charge is -2.13. The molecule has 0 bridgehead atoms. The fraction of sp³-hybridized carbons (Fsp3) is 0.364. The van der Waals surface area contributed by atoms with E-state index in [0.717, 1.165) is 0 Å².